The normalized spacial score (nSPS) is 26.4. The maximum atomic E-state index is 12.0. The first-order valence-corrected chi connectivity index (χ1v) is 11.0. The molecule has 0 aromatic rings. The van der Waals surface area contributed by atoms with Gasteiger partial charge < -0.3 is 41.5 Å². The van der Waals surface area contributed by atoms with Crippen molar-refractivity contribution < 1.29 is 34.8 Å². The van der Waals surface area contributed by atoms with Crippen LogP contribution in [0.25, 0.3) is 0 Å². The average molecular weight is 434 g/mol. The summed E-state index contributed by atoms with van der Waals surface area (Å²) in [6.07, 6.45) is 2.99. The van der Waals surface area contributed by atoms with Crippen LogP contribution in [0.5, 0.6) is 0 Å². The van der Waals surface area contributed by atoms with E-state index in [1.54, 1.807) is 0 Å². The quantitative estimate of drug-likeness (QED) is 0.159. The maximum absolute atomic E-state index is 12.0. The van der Waals surface area contributed by atoms with Gasteiger partial charge in [0.05, 0.1) is 13.2 Å². The number of ether oxygens (including phenoxy) is 1. The summed E-state index contributed by atoms with van der Waals surface area (Å²) in [4.78, 5) is 23.0. The number of hydrogen-bond donors (Lipinski definition) is 7. The lowest BCUT2D eigenvalue weighted by Gasteiger charge is -2.40. The molecule has 0 aromatic carbocycles. The van der Waals surface area contributed by atoms with Crippen LogP contribution in [0.3, 0.4) is 0 Å². The van der Waals surface area contributed by atoms with Gasteiger partial charge in [0.2, 0.25) is 11.8 Å². The number of rotatable bonds is 15. The van der Waals surface area contributed by atoms with Crippen molar-refractivity contribution in [2.75, 3.05) is 19.7 Å². The molecule has 1 rings (SSSR count). The highest BCUT2D eigenvalue weighted by Crippen LogP contribution is 2.20. The van der Waals surface area contributed by atoms with Gasteiger partial charge in [0.15, 0.2) is 6.23 Å². The fraction of sp³-hybridized carbons (Fsp3) is 0.900. The SMILES string of the molecule is NCC(=O)NCCCCCCCCCCCC(=O)N[C@@H]1O[C@H](CO)[C@@H](O)[C@H](O)[C@H]1O. The number of aliphatic hydroxyl groups is 4. The zero-order valence-electron chi connectivity index (χ0n) is 17.7. The summed E-state index contributed by atoms with van der Waals surface area (Å²) in [6, 6.07) is 0. The van der Waals surface area contributed by atoms with Crippen molar-refractivity contribution in [3.8, 4) is 0 Å². The van der Waals surface area contributed by atoms with Crippen LogP contribution >= 0.6 is 0 Å². The van der Waals surface area contributed by atoms with Crippen LogP contribution in [0.4, 0.5) is 0 Å². The van der Waals surface area contributed by atoms with E-state index in [1.807, 2.05) is 0 Å². The molecule has 30 heavy (non-hydrogen) atoms. The molecule has 0 saturated carbocycles. The van der Waals surface area contributed by atoms with Gasteiger partial charge in [-0.3, -0.25) is 9.59 Å². The Kier molecular flexibility index (Phi) is 13.8. The van der Waals surface area contributed by atoms with Gasteiger partial charge in [0.1, 0.15) is 24.4 Å². The average Bonchev–Trinajstić information content (AvgIpc) is 2.74. The fourth-order valence-corrected chi connectivity index (χ4v) is 3.40. The van der Waals surface area contributed by atoms with Crippen LogP contribution in [-0.2, 0) is 14.3 Å². The molecule has 1 aliphatic heterocycles. The van der Waals surface area contributed by atoms with E-state index in [9.17, 15) is 24.9 Å². The van der Waals surface area contributed by atoms with Gasteiger partial charge in [-0.25, -0.2) is 0 Å². The van der Waals surface area contributed by atoms with E-state index in [4.69, 9.17) is 15.6 Å². The third-order valence-corrected chi connectivity index (χ3v) is 5.28. The highest BCUT2D eigenvalue weighted by atomic mass is 16.6. The number of unbranched alkanes of at least 4 members (excludes halogenated alkanes) is 8. The number of nitrogens with two attached hydrogens (primary N) is 1. The molecule has 176 valence electrons. The van der Waals surface area contributed by atoms with Gasteiger partial charge in [0.25, 0.3) is 0 Å². The van der Waals surface area contributed by atoms with Crippen LogP contribution < -0.4 is 16.4 Å². The molecular formula is C20H39N3O7. The number of nitrogens with one attached hydrogen (secondary N) is 2. The molecule has 0 aromatic heterocycles. The molecule has 1 aliphatic rings. The Morgan fingerprint density at radius 1 is 0.800 bits per heavy atom. The Morgan fingerprint density at radius 3 is 1.93 bits per heavy atom. The Bertz CT molecular complexity index is 493. The molecule has 1 heterocycles. The maximum Gasteiger partial charge on any atom is 0.233 e. The second-order valence-electron chi connectivity index (χ2n) is 7.80. The molecule has 0 radical (unpaired) electrons. The van der Waals surface area contributed by atoms with E-state index < -0.39 is 37.3 Å². The monoisotopic (exact) mass is 433 g/mol. The lowest BCUT2D eigenvalue weighted by molar-refractivity contribution is -0.236. The van der Waals surface area contributed by atoms with Crippen molar-refractivity contribution in [1.82, 2.24) is 10.6 Å². The van der Waals surface area contributed by atoms with Crippen molar-refractivity contribution in [2.24, 2.45) is 5.73 Å². The van der Waals surface area contributed by atoms with Crippen molar-refractivity contribution in [2.45, 2.75) is 94.9 Å². The van der Waals surface area contributed by atoms with Crippen LogP contribution in [0.1, 0.15) is 64.2 Å². The first-order valence-electron chi connectivity index (χ1n) is 11.0. The Morgan fingerprint density at radius 2 is 1.37 bits per heavy atom. The minimum atomic E-state index is -1.49. The number of aliphatic hydroxyl groups excluding tert-OH is 4. The predicted molar refractivity (Wildman–Crippen MR) is 110 cm³/mol. The summed E-state index contributed by atoms with van der Waals surface area (Å²) >= 11 is 0. The summed E-state index contributed by atoms with van der Waals surface area (Å²) in [5.41, 5.74) is 5.21. The van der Waals surface area contributed by atoms with Crippen LogP contribution in [0.15, 0.2) is 0 Å². The second kappa shape index (κ2) is 15.5. The fourth-order valence-electron chi connectivity index (χ4n) is 3.40. The number of hydrogen-bond acceptors (Lipinski definition) is 8. The molecule has 10 nitrogen and oxygen atoms in total. The van der Waals surface area contributed by atoms with Gasteiger partial charge in [0, 0.05) is 13.0 Å². The van der Waals surface area contributed by atoms with E-state index in [-0.39, 0.29) is 24.8 Å². The summed E-state index contributed by atoms with van der Waals surface area (Å²) in [5.74, 6) is -0.419. The topological polar surface area (TPSA) is 174 Å². The summed E-state index contributed by atoms with van der Waals surface area (Å²) in [5, 5.41) is 43.8. The lowest BCUT2D eigenvalue weighted by atomic mass is 9.98. The van der Waals surface area contributed by atoms with Gasteiger partial charge >= 0.3 is 0 Å². The molecule has 8 N–H and O–H groups in total. The zero-order valence-corrected chi connectivity index (χ0v) is 17.7. The van der Waals surface area contributed by atoms with E-state index in [0.29, 0.717) is 13.0 Å². The van der Waals surface area contributed by atoms with Gasteiger partial charge in [-0.05, 0) is 12.8 Å². The van der Waals surface area contributed by atoms with Crippen molar-refractivity contribution >= 4 is 11.8 Å². The molecule has 5 atom stereocenters. The predicted octanol–water partition coefficient (Wildman–Crippen LogP) is -1.12. The third kappa shape index (κ3) is 10.1. The molecule has 1 saturated heterocycles. The summed E-state index contributed by atoms with van der Waals surface area (Å²) < 4.78 is 5.26. The minimum absolute atomic E-state index is 0.0371. The van der Waals surface area contributed by atoms with Crippen molar-refractivity contribution in [3.63, 3.8) is 0 Å². The highest BCUT2D eigenvalue weighted by molar-refractivity contribution is 5.77. The summed E-state index contributed by atoms with van der Waals surface area (Å²) in [6.45, 7) is 0.193. The number of amides is 2. The van der Waals surface area contributed by atoms with E-state index in [0.717, 1.165) is 51.4 Å². The molecule has 0 bridgehead atoms. The highest BCUT2D eigenvalue weighted by Gasteiger charge is 2.43. The van der Waals surface area contributed by atoms with E-state index >= 15 is 0 Å². The Labute approximate surface area is 178 Å². The third-order valence-electron chi connectivity index (χ3n) is 5.28. The first kappa shape index (κ1) is 26.7. The van der Waals surface area contributed by atoms with E-state index in [2.05, 4.69) is 10.6 Å². The smallest absolute Gasteiger partial charge is 0.233 e. The molecule has 1 fully saturated rings. The second-order valence-corrected chi connectivity index (χ2v) is 7.80. The Hall–Kier alpha value is -1.30. The molecule has 0 spiro atoms. The van der Waals surface area contributed by atoms with Crippen LogP contribution in [0.2, 0.25) is 0 Å². The first-order chi connectivity index (χ1) is 14.4. The van der Waals surface area contributed by atoms with Crippen LogP contribution in [-0.4, -0.2) is 82.6 Å². The standard InChI is InChI=1S/C20H39N3O7/c21-12-16(26)22-11-9-7-5-3-1-2-4-6-8-10-15(25)23-20-19(29)18(28)17(27)14(13-24)30-20/h14,17-20,24,27-29H,1-13,21H2,(H,22,26)(H,23,25)/t14-,17-,18+,19-,20-/m1/s1. The van der Waals surface area contributed by atoms with Crippen molar-refractivity contribution in [3.05, 3.63) is 0 Å². The lowest BCUT2D eigenvalue weighted by Crippen LogP contribution is -2.63. The van der Waals surface area contributed by atoms with Gasteiger partial charge in [-0.15, -0.1) is 0 Å². The molecule has 10 heteroatoms. The summed E-state index contributed by atoms with van der Waals surface area (Å²) in [7, 11) is 0. The number of carbonyl (C=O) groups is 2. The number of carbonyl (C=O) groups excluding carboxylic acids is 2. The largest absolute Gasteiger partial charge is 0.394 e. The molecule has 0 aliphatic carbocycles. The Balaban J connectivity index is 2.00. The van der Waals surface area contributed by atoms with Gasteiger partial charge in [-0.1, -0.05) is 44.9 Å². The molecule has 2 amide bonds. The van der Waals surface area contributed by atoms with E-state index in [1.165, 1.54) is 0 Å². The van der Waals surface area contributed by atoms with Gasteiger partial charge in [-0.2, -0.15) is 0 Å². The molecular weight excluding hydrogens is 394 g/mol. The molecule has 0 unspecified atom stereocenters. The zero-order chi connectivity index (χ0) is 22.4. The van der Waals surface area contributed by atoms with Crippen molar-refractivity contribution in [1.29, 1.82) is 0 Å². The van der Waals surface area contributed by atoms with Crippen LogP contribution in [0, 0.1) is 0 Å². The minimum Gasteiger partial charge on any atom is -0.394 e.